The molecule has 54 heavy (non-hydrogen) atoms. The Morgan fingerprint density at radius 2 is 1.83 bits per heavy atom. The van der Waals surface area contributed by atoms with Crippen LogP contribution in [0.2, 0.25) is 0 Å². The predicted octanol–water partition coefficient (Wildman–Crippen LogP) is 7.50. The number of thiophene rings is 1. The molecular formula is C39H30F4N6O4S. The minimum absolute atomic E-state index is 0.0447. The Kier molecular flexibility index (Phi) is 7.01. The Labute approximate surface area is 308 Å². The lowest BCUT2D eigenvalue weighted by Gasteiger charge is -2.37. The fourth-order valence-corrected chi connectivity index (χ4v) is 10.2. The third-order valence-corrected chi connectivity index (χ3v) is 12.5. The number of carbonyl (C=O) groups excluding carboxylic acids is 1. The summed E-state index contributed by atoms with van der Waals surface area (Å²) in [6.45, 7) is 2.37. The Morgan fingerprint density at radius 3 is 2.57 bits per heavy atom. The van der Waals surface area contributed by atoms with Gasteiger partial charge in [-0.2, -0.15) is 0 Å². The zero-order valence-electron chi connectivity index (χ0n) is 28.9. The first-order chi connectivity index (χ1) is 25.9. The van der Waals surface area contributed by atoms with Crippen LogP contribution in [0.25, 0.3) is 32.0 Å². The van der Waals surface area contributed by atoms with E-state index < -0.39 is 35.5 Å². The van der Waals surface area contributed by atoms with Crippen LogP contribution in [0.5, 0.6) is 5.75 Å². The number of nitrogens with one attached hydrogen (secondary N) is 2. The number of aryl methyl sites for hydroxylation is 3. The molecule has 2 aromatic carbocycles. The van der Waals surface area contributed by atoms with Crippen molar-refractivity contribution in [2.75, 3.05) is 19.0 Å². The van der Waals surface area contributed by atoms with Crippen LogP contribution >= 0.6 is 11.3 Å². The van der Waals surface area contributed by atoms with Crippen molar-refractivity contribution in [3.63, 3.8) is 0 Å². The second-order valence-corrected chi connectivity index (χ2v) is 15.7. The fourth-order valence-electron chi connectivity index (χ4n) is 9.08. The van der Waals surface area contributed by atoms with Crippen molar-refractivity contribution in [2.24, 2.45) is 5.92 Å². The van der Waals surface area contributed by atoms with E-state index >= 15 is 8.78 Å². The Bertz CT molecular complexity index is 2630. The average Bonchev–Trinajstić information content (AvgIpc) is 3.96. The van der Waals surface area contributed by atoms with Crippen molar-refractivity contribution in [3.8, 4) is 27.6 Å². The molecule has 1 saturated carbocycles. The number of carbonyl (C=O) groups is 1. The number of fused-ring (bicyclic) bond motifs is 3. The molecule has 5 aliphatic rings. The molecule has 15 heteroatoms. The Hall–Kier alpha value is -5.57. The molecule has 3 aliphatic heterocycles. The quantitative estimate of drug-likeness (QED) is 0.153. The zero-order valence-corrected chi connectivity index (χ0v) is 29.7. The molecule has 0 unspecified atom stereocenters. The number of alkyl halides is 2. The van der Waals surface area contributed by atoms with Crippen molar-refractivity contribution in [3.05, 3.63) is 110 Å². The van der Waals surface area contributed by atoms with Crippen molar-refractivity contribution in [1.29, 1.82) is 0 Å². The van der Waals surface area contributed by atoms with Crippen LogP contribution in [0.4, 0.5) is 23.4 Å². The van der Waals surface area contributed by atoms with Gasteiger partial charge >= 0.3 is 5.76 Å². The van der Waals surface area contributed by atoms with Gasteiger partial charge in [-0.3, -0.25) is 9.78 Å². The Balaban J connectivity index is 1.16. The molecule has 10 nitrogen and oxygen atoms in total. The normalized spacial score (nSPS) is 21.7. The lowest BCUT2D eigenvalue weighted by molar-refractivity contribution is -0.00736. The molecule has 1 spiro atoms. The first-order valence-corrected chi connectivity index (χ1v) is 18.4. The number of hydrogen-bond donors (Lipinski definition) is 2. The molecule has 4 aromatic heterocycles. The highest BCUT2D eigenvalue weighted by Gasteiger charge is 2.65. The first-order valence-electron chi connectivity index (χ1n) is 17.5. The summed E-state index contributed by atoms with van der Waals surface area (Å²) in [5.74, 6) is -5.00. The predicted molar refractivity (Wildman–Crippen MR) is 191 cm³/mol. The SMILES string of the molecule is COc1c(F)ccc2c1CC(F)(F)[C@@H]2Nc1nc(C)cc2cc(-c3c4c(nc(CCc5ccc(F)cc5)c3-c3n[nH]c(=O)o3)C35CC(CN3C4=O)C5)sc12. The summed E-state index contributed by atoms with van der Waals surface area (Å²) in [5, 5.41) is 10.2. The smallest absolute Gasteiger partial charge is 0.434 e. The van der Waals surface area contributed by atoms with E-state index in [0.29, 0.717) is 74.0 Å². The van der Waals surface area contributed by atoms with Crippen LogP contribution in [-0.4, -0.2) is 50.5 Å². The highest BCUT2D eigenvalue weighted by molar-refractivity contribution is 7.23. The minimum atomic E-state index is -3.30. The number of pyridine rings is 2. The van der Waals surface area contributed by atoms with Crippen molar-refractivity contribution in [1.82, 2.24) is 25.1 Å². The summed E-state index contributed by atoms with van der Waals surface area (Å²) < 4.78 is 71.2. The first kappa shape index (κ1) is 33.0. The highest BCUT2D eigenvalue weighted by atomic mass is 32.1. The van der Waals surface area contributed by atoms with Crippen LogP contribution < -0.4 is 15.8 Å². The number of hydrogen-bond acceptors (Lipinski definition) is 9. The number of nitrogens with zero attached hydrogens (tertiary/aromatic N) is 4. The minimum Gasteiger partial charge on any atom is -0.493 e. The van der Waals surface area contributed by atoms with E-state index in [2.05, 4.69) is 20.5 Å². The Morgan fingerprint density at radius 1 is 1.04 bits per heavy atom. The number of rotatable bonds is 8. The molecule has 1 atom stereocenters. The summed E-state index contributed by atoms with van der Waals surface area (Å²) >= 11 is 1.26. The van der Waals surface area contributed by atoms with Gasteiger partial charge in [0, 0.05) is 34.7 Å². The molecule has 7 heterocycles. The monoisotopic (exact) mass is 754 g/mol. The van der Waals surface area contributed by atoms with Gasteiger partial charge in [0.2, 0.25) is 0 Å². The molecule has 3 fully saturated rings. The van der Waals surface area contributed by atoms with E-state index in [-0.39, 0.29) is 40.3 Å². The number of ether oxygens (including phenoxy) is 1. The van der Waals surface area contributed by atoms with Crippen LogP contribution in [0.3, 0.4) is 0 Å². The molecule has 0 radical (unpaired) electrons. The number of methoxy groups -OCH3 is 1. The third kappa shape index (κ3) is 4.72. The molecule has 1 amide bonds. The molecule has 274 valence electrons. The standard InChI is InChI=1S/C39H30F4N6O4S/c1-17-11-20-12-26(54-31(20)34(44-17)46-32-22-8-9-24(41)30(52-2)23(22)15-39(32,42)43)28-27(35-47-48-37(51)53-35)25(10-5-18-3-6-21(40)7-4-18)45-33-29(28)36(50)49-16-19-13-38(33,49)14-19/h3-4,6-9,11-12,19,32H,5,10,13-16H2,1-2H3,(H,44,46)(H,48,51)/t19?,32-,38?/m1/s1. The third-order valence-electron chi connectivity index (χ3n) is 11.4. The van der Waals surface area contributed by atoms with Crippen molar-refractivity contribution >= 4 is 33.1 Å². The maximum absolute atomic E-state index is 15.8. The molecule has 11 rings (SSSR count). The number of halogens is 4. The van der Waals surface area contributed by atoms with E-state index in [0.717, 1.165) is 24.5 Å². The van der Waals surface area contributed by atoms with E-state index in [9.17, 15) is 18.4 Å². The fraction of sp³-hybridized carbons (Fsp3) is 0.308. The maximum atomic E-state index is 15.8. The summed E-state index contributed by atoms with van der Waals surface area (Å²) in [6.07, 6.45) is 1.69. The second kappa shape index (κ2) is 11.5. The van der Waals surface area contributed by atoms with Gasteiger partial charge in [0.1, 0.15) is 17.7 Å². The summed E-state index contributed by atoms with van der Waals surface area (Å²) in [6, 6.07) is 10.8. The van der Waals surface area contributed by atoms with Gasteiger partial charge < -0.3 is 19.4 Å². The van der Waals surface area contributed by atoms with E-state index in [1.807, 2.05) is 17.0 Å². The summed E-state index contributed by atoms with van der Waals surface area (Å²) in [4.78, 5) is 39.2. The highest BCUT2D eigenvalue weighted by Crippen LogP contribution is 2.63. The van der Waals surface area contributed by atoms with Crippen LogP contribution in [0.1, 0.15) is 63.0 Å². The number of H-pyrrole nitrogens is 1. The van der Waals surface area contributed by atoms with Gasteiger partial charge in [0.25, 0.3) is 17.7 Å². The van der Waals surface area contributed by atoms with Crippen molar-refractivity contribution in [2.45, 2.75) is 56.5 Å². The van der Waals surface area contributed by atoms with Gasteiger partial charge in [-0.1, -0.05) is 18.2 Å². The largest absolute Gasteiger partial charge is 0.493 e. The van der Waals surface area contributed by atoms with Gasteiger partial charge in [0.15, 0.2) is 11.6 Å². The lowest BCUT2D eigenvalue weighted by atomic mass is 9.71. The number of amides is 1. The molecular weight excluding hydrogens is 725 g/mol. The van der Waals surface area contributed by atoms with Gasteiger partial charge in [-0.15, -0.1) is 16.4 Å². The topological polar surface area (TPSA) is 126 Å². The van der Waals surface area contributed by atoms with Crippen LogP contribution in [-0.2, 0) is 24.8 Å². The van der Waals surface area contributed by atoms with Crippen LogP contribution in [0, 0.1) is 24.5 Å². The lowest BCUT2D eigenvalue weighted by Crippen LogP contribution is -2.40. The maximum Gasteiger partial charge on any atom is 0.434 e. The molecule has 2 aliphatic carbocycles. The number of aromatic amines is 1. The average molecular weight is 755 g/mol. The van der Waals surface area contributed by atoms with E-state index in [1.165, 1.54) is 36.6 Å². The van der Waals surface area contributed by atoms with Crippen molar-refractivity contribution < 1.29 is 31.5 Å². The van der Waals surface area contributed by atoms with Crippen LogP contribution in [0.15, 0.2) is 57.7 Å². The second-order valence-electron chi connectivity index (χ2n) is 14.6. The number of benzene rings is 2. The van der Waals surface area contributed by atoms with Gasteiger partial charge in [0.05, 0.1) is 39.9 Å². The number of anilines is 1. The number of aromatic nitrogens is 4. The molecule has 2 N–H and O–H groups in total. The molecule has 6 aromatic rings. The van der Waals surface area contributed by atoms with E-state index in [4.69, 9.17) is 14.1 Å². The zero-order chi connectivity index (χ0) is 37.3. The molecule has 2 saturated heterocycles. The van der Waals surface area contributed by atoms with Gasteiger partial charge in [-0.05, 0) is 85.4 Å². The summed E-state index contributed by atoms with van der Waals surface area (Å²) in [7, 11) is 1.25. The summed E-state index contributed by atoms with van der Waals surface area (Å²) in [5.41, 5.74) is 3.66. The molecule has 2 bridgehead atoms. The van der Waals surface area contributed by atoms with Gasteiger partial charge in [-0.25, -0.2) is 32.4 Å². The van der Waals surface area contributed by atoms with E-state index in [1.54, 1.807) is 19.1 Å².